The van der Waals surface area contributed by atoms with Gasteiger partial charge in [-0.1, -0.05) is 74.5 Å². The first-order chi connectivity index (χ1) is 14.6. The molecule has 1 heterocycles. The zero-order valence-corrected chi connectivity index (χ0v) is 18.1. The minimum absolute atomic E-state index is 0.0973. The number of benzene rings is 2. The molecular formula is C26H34N2O2. The number of nitrogens with one attached hydrogen (secondary N) is 1. The molecule has 1 saturated carbocycles. The highest BCUT2D eigenvalue weighted by Gasteiger charge is 2.55. The van der Waals surface area contributed by atoms with Gasteiger partial charge in [-0.2, -0.15) is 0 Å². The van der Waals surface area contributed by atoms with Crippen molar-refractivity contribution in [3.63, 3.8) is 0 Å². The number of piperidine rings is 1. The molecule has 1 aliphatic heterocycles. The van der Waals surface area contributed by atoms with Crippen molar-refractivity contribution < 1.29 is 9.90 Å². The first-order valence-electron chi connectivity index (χ1n) is 11.4. The summed E-state index contributed by atoms with van der Waals surface area (Å²) in [4.78, 5) is 15.7. The molecule has 0 bridgehead atoms. The highest BCUT2D eigenvalue weighted by Crippen LogP contribution is 2.51. The standard InChI is InChI=1S/C26H34N2O2/c1-3-20(4-2)26(30,21-13-9-6-10-14-21)25(29)27-15-22-23-17-28(18-24(22)23)16-19-11-7-5-8-12-19/h5-14,20,22-24,30H,3-4,15-18H2,1-2H3,(H,27,29). The Morgan fingerprint density at radius 3 is 2.17 bits per heavy atom. The van der Waals surface area contributed by atoms with Gasteiger partial charge in [0, 0.05) is 32.1 Å². The van der Waals surface area contributed by atoms with Crippen LogP contribution in [0.5, 0.6) is 0 Å². The van der Waals surface area contributed by atoms with Crippen LogP contribution in [0.3, 0.4) is 0 Å². The smallest absolute Gasteiger partial charge is 0.256 e. The van der Waals surface area contributed by atoms with E-state index in [4.69, 9.17) is 0 Å². The third-order valence-electron chi connectivity index (χ3n) is 7.33. The number of carbonyl (C=O) groups is 1. The first-order valence-corrected chi connectivity index (χ1v) is 11.4. The summed E-state index contributed by atoms with van der Waals surface area (Å²) in [7, 11) is 0. The molecule has 1 saturated heterocycles. The van der Waals surface area contributed by atoms with Crippen molar-refractivity contribution in [3.8, 4) is 0 Å². The number of likely N-dealkylation sites (tertiary alicyclic amines) is 1. The lowest BCUT2D eigenvalue weighted by atomic mass is 9.77. The third-order valence-corrected chi connectivity index (χ3v) is 7.33. The number of hydrogen-bond donors (Lipinski definition) is 2. The minimum Gasteiger partial charge on any atom is -0.375 e. The summed E-state index contributed by atoms with van der Waals surface area (Å²) in [6.07, 6.45) is 1.52. The normalized spacial score (nSPS) is 25.0. The Hall–Kier alpha value is -2.17. The van der Waals surface area contributed by atoms with Gasteiger partial charge in [-0.05, 0) is 41.7 Å². The summed E-state index contributed by atoms with van der Waals surface area (Å²) < 4.78 is 0. The van der Waals surface area contributed by atoms with Crippen LogP contribution in [0.4, 0.5) is 0 Å². The van der Waals surface area contributed by atoms with Crippen LogP contribution in [-0.2, 0) is 16.9 Å². The molecule has 0 aromatic heterocycles. The van der Waals surface area contributed by atoms with E-state index in [9.17, 15) is 9.90 Å². The second-order valence-electron chi connectivity index (χ2n) is 9.03. The number of carbonyl (C=O) groups excluding carboxylic acids is 1. The maximum absolute atomic E-state index is 13.2. The van der Waals surface area contributed by atoms with Gasteiger partial charge in [0.05, 0.1) is 0 Å². The summed E-state index contributed by atoms with van der Waals surface area (Å²) in [5.74, 6) is 1.55. The van der Waals surface area contributed by atoms with E-state index in [2.05, 4.69) is 40.5 Å². The number of rotatable bonds is 9. The van der Waals surface area contributed by atoms with E-state index >= 15 is 0 Å². The monoisotopic (exact) mass is 406 g/mol. The van der Waals surface area contributed by atoms with E-state index in [0.717, 1.165) is 32.5 Å². The van der Waals surface area contributed by atoms with Crippen molar-refractivity contribution in [2.24, 2.45) is 23.7 Å². The van der Waals surface area contributed by atoms with E-state index in [1.165, 1.54) is 5.56 Å². The molecule has 0 spiro atoms. The average Bonchev–Trinajstić information content (AvgIpc) is 3.24. The lowest BCUT2D eigenvalue weighted by molar-refractivity contribution is -0.148. The topological polar surface area (TPSA) is 52.6 Å². The van der Waals surface area contributed by atoms with Gasteiger partial charge in [0.25, 0.3) is 5.91 Å². The lowest BCUT2D eigenvalue weighted by Gasteiger charge is -2.34. The van der Waals surface area contributed by atoms with Crippen LogP contribution in [-0.4, -0.2) is 35.5 Å². The molecule has 4 rings (SSSR count). The van der Waals surface area contributed by atoms with Crippen LogP contribution in [0.25, 0.3) is 0 Å². The van der Waals surface area contributed by atoms with Gasteiger partial charge >= 0.3 is 0 Å². The molecule has 2 aromatic carbocycles. The number of hydrogen-bond acceptors (Lipinski definition) is 3. The van der Waals surface area contributed by atoms with E-state index < -0.39 is 5.60 Å². The van der Waals surface area contributed by atoms with Gasteiger partial charge in [0.1, 0.15) is 0 Å². The molecule has 160 valence electrons. The highest BCUT2D eigenvalue weighted by atomic mass is 16.3. The zero-order chi connectivity index (χ0) is 21.1. The van der Waals surface area contributed by atoms with Crippen molar-refractivity contribution in [2.75, 3.05) is 19.6 Å². The predicted molar refractivity (Wildman–Crippen MR) is 120 cm³/mol. The molecule has 2 fully saturated rings. The number of fused-ring (bicyclic) bond motifs is 1. The van der Waals surface area contributed by atoms with Gasteiger partial charge in [-0.3, -0.25) is 9.69 Å². The number of nitrogens with zero attached hydrogens (tertiary/aromatic N) is 1. The molecule has 3 atom stereocenters. The molecule has 3 unspecified atom stereocenters. The molecule has 2 aromatic rings. The number of amides is 1. The summed E-state index contributed by atoms with van der Waals surface area (Å²) in [5.41, 5.74) is 0.594. The Kier molecular flexibility index (Phi) is 6.26. The summed E-state index contributed by atoms with van der Waals surface area (Å²) in [6, 6.07) is 20.1. The SMILES string of the molecule is CCC(CC)C(O)(C(=O)NCC1C2CN(Cc3ccccc3)CC12)c1ccccc1. The number of aliphatic hydroxyl groups is 1. The summed E-state index contributed by atoms with van der Waals surface area (Å²) in [5, 5.41) is 14.7. The van der Waals surface area contributed by atoms with E-state index in [-0.39, 0.29) is 11.8 Å². The van der Waals surface area contributed by atoms with Crippen molar-refractivity contribution in [1.29, 1.82) is 0 Å². The van der Waals surface area contributed by atoms with Gasteiger partial charge in [0.15, 0.2) is 5.60 Å². The zero-order valence-electron chi connectivity index (χ0n) is 18.1. The quantitative estimate of drug-likeness (QED) is 0.666. The predicted octanol–water partition coefficient (Wildman–Crippen LogP) is 3.80. The molecule has 2 aliphatic rings. The van der Waals surface area contributed by atoms with Crippen LogP contribution >= 0.6 is 0 Å². The van der Waals surface area contributed by atoms with Crippen molar-refractivity contribution in [2.45, 2.75) is 38.8 Å². The molecule has 0 radical (unpaired) electrons. The Balaban J connectivity index is 1.33. The molecule has 1 aliphatic carbocycles. The molecule has 30 heavy (non-hydrogen) atoms. The highest BCUT2D eigenvalue weighted by molar-refractivity contribution is 5.86. The second-order valence-corrected chi connectivity index (χ2v) is 9.03. The van der Waals surface area contributed by atoms with Crippen molar-refractivity contribution in [3.05, 3.63) is 71.8 Å². The summed E-state index contributed by atoms with van der Waals surface area (Å²) in [6.45, 7) is 7.98. The fourth-order valence-electron chi connectivity index (χ4n) is 5.48. The van der Waals surface area contributed by atoms with Gasteiger partial charge in [-0.15, -0.1) is 0 Å². The lowest BCUT2D eigenvalue weighted by Crippen LogP contribution is -2.50. The van der Waals surface area contributed by atoms with Crippen LogP contribution in [0.15, 0.2) is 60.7 Å². The fourth-order valence-corrected chi connectivity index (χ4v) is 5.48. The van der Waals surface area contributed by atoms with Gasteiger partial charge in [-0.25, -0.2) is 0 Å². The second kappa shape index (κ2) is 8.91. The Bertz CT molecular complexity index is 825. The minimum atomic E-state index is -1.46. The van der Waals surface area contributed by atoms with Crippen molar-refractivity contribution >= 4 is 5.91 Å². The molecule has 4 nitrogen and oxygen atoms in total. The average molecular weight is 407 g/mol. The van der Waals surface area contributed by atoms with Crippen LogP contribution in [0.2, 0.25) is 0 Å². The first kappa shape index (κ1) is 21.1. The maximum Gasteiger partial charge on any atom is 0.256 e. The van der Waals surface area contributed by atoms with Crippen LogP contribution in [0, 0.1) is 23.7 Å². The van der Waals surface area contributed by atoms with E-state index in [1.807, 2.05) is 44.2 Å². The fraction of sp³-hybridized carbons (Fsp3) is 0.500. The van der Waals surface area contributed by atoms with E-state index in [0.29, 0.717) is 29.9 Å². The Morgan fingerprint density at radius 2 is 1.60 bits per heavy atom. The van der Waals surface area contributed by atoms with Crippen molar-refractivity contribution in [1.82, 2.24) is 10.2 Å². The Labute approximate surface area is 180 Å². The largest absolute Gasteiger partial charge is 0.375 e. The molecule has 2 N–H and O–H groups in total. The molecule has 4 heteroatoms. The molecule has 1 amide bonds. The van der Waals surface area contributed by atoms with Crippen LogP contribution < -0.4 is 5.32 Å². The molecular weight excluding hydrogens is 372 g/mol. The van der Waals surface area contributed by atoms with Gasteiger partial charge in [0.2, 0.25) is 0 Å². The third kappa shape index (κ3) is 4.03. The summed E-state index contributed by atoms with van der Waals surface area (Å²) >= 11 is 0. The Morgan fingerprint density at radius 1 is 1.03 bits per heavy atom. The van der Waals surface area contributed by atoms with Gasteiger partial charge < -0.3 is 10.4 Å². The maximum atomic E-state index is 13.2. The van der Waals surface area contributed by atoms with E-state index in [1.54, 1.807) is 0 Å². The van der Waals surface area contributed by atoms with Crippen LogP contribution in [0.1, 0.15) is 37.8 Å².